The van der Waals surface area contributed by atoms with Crippen LogP contribution in [0.1, 0.15) is 28.4 Å². The number of carbonyl (C=O) groups excluding carboxylic acids is 2. The highest BCUT2D eigenvalue weighted by molar-refractivity contribution is 6.05. The number of benzene rings is 3. The quantitative estimate of drug-likeness (QED) is 0.271. The monoisotopic (exact) mass is 469 g/mol. The van der Waals surface area contributed by atoms with Crippen LogP contribution in [0.2, 0.25) is 0 Å². The van der Waals surface area contributed by atoms with Crippen molar-refractivity contribution in [2.24, 2.45) is 5.10 Å². The Bertz CT molecular complexity index is 1250. The van der Waals surface area contributed by atoms with Crippen LogP contribution in [0.25, 0.3) is 12.2 Å². The molecule has 0 aliphatic rings. The first-order chi connectivity index (χ1) is 17.0. The van der Waals surface area contributed by atoms with Crippen LogP contribution in [0, 0.1) is 0 Å². The molecule has 35 heavy (non-hydrogen) atoms. The van der Waals surface area contributed by atoms with E-state index in [-0.39, 0.29) is 5.70 Å². The number of allylic oxidation sites excluding steroid dienone is 1. The molecular weight excluding hydrogens is 442 g/mol. The number of ether oxygens (including phenoxy) is 2. The summed E-state index contributed by atoms with van der Waals surface area (Å²) in [6.45, 7) is 1.87. The van der Waals surface area contributed by atoms with Crippen LogP contribution >= 0.6 is 0 Å². The molecule has 3 rings (SSSR count). The molecular formula is C28H27N3O4. The Labute approximate surface area is 204 Å². The summed E-state index contributed by atoms with van der Waals surface area (Å²) in [6, 6.07) is 23.5. The molecule has 0 spiro atoms. The van der Waals surface area contributed by atoms with Gasteiger partial charge in [-0.15, -0.1) is 0 Å². The minimum absolute atomic E-state index is 0.00718. The van der Waals surface area contributed by atoms with Crippen LogP contribution in [0.3, 0.4) is 0 Å². The maximum absolute atomic E-state index is 13.0. The first-order valence-corrected chi connectivity index (χ1v) is 10.9. The zero-order chi connectivity index (χ0) is 25.0. The van der Waals surface area contributed by atoms with Gasteiger partial charge in [-0.3, -0.25) is 9.59 Å². The van der Waals surface area contributed by atoms with Gasteiger partial charge >= 0.3 is 0 Å². The van der Waals surface area contributed by atoms with Crippen LogP contribution in [0.5, 0.6) is 11.5 Å². The zero-order valence-corrected chi connectivity index (χ0v) is 19.8. The number of carbonyl (C=O) groups is 2. The van der Waals surface area contributed by atoms with E-state index in [1.165, 1.54) is 19.4 Å². The highest BCUT2D eigenvalue weighted by Gasteiger charge is 2.16. The molecule has 0 atom stereocenters. The predicted molar refractivity (Wildman–Crippen MR) is 138 cm³/mol. The first kappa shape index (κ1) is 25.0. The number of hydrogen-bond acceptors (Lipinski definition) is 5. The van der Waals surface area contributed by atoms with Crippen molar-refractivity contribution in [2.75, 3.05) is 14.2 Å². The smallest absolute Gasteiger partial charge is 0.287 e. The van der Waals surface area contributed by atoms with Crippen molar-refractivity contribution < 1.29 is 19.1 Å². The molecule has 0 saturated carbocycles. The van der Waals surface area contributed by atoms with Gasteiger partial charge in [-0.1, -0.05) is 54.6 Å². The number of methoxy groups -OCH3 is 2. The van der Waals surface area contributed by atoms with Crippen LogP contribution in [0.15, 0.2) is 95.2 Å². The van der Waals surface area contributed by atoms with E-state index in [0.29, 0.717) is 22.6 Å². The summed E-state index contributed by atoms with van der Waals surface area (Å²) < 4.78 is 10.7. The van der Waals surface area contributed by atoms with Gasteiger partial charge in [0.25, 0.3) is 11.8 Å². The number of hydrogen-bond donors (Lipinski definition) is 2. The van der Waals surface area contributed by atoms with Crippen molar-refractivity contribution >= 4 is 30.2 Å². The molecule has 0 aliphatic heterocycles. The average molecular weight is 470 g/mol. The van der Waals surface area contributed by atoms with E-state index in [2.05, 4.69) is 15.8 Å². The summed E-state index contributed by atoms with van der Waals surface area (Å²) >= 11 is 0. The molecule has 3 aromatic rings. The van der Waals surface area contributed by atoms with Gasteiger partial charge in [0.15, 0.2) is 0 Å². The maximum Gasteiger partial charge on any atom is 0.287 e. The SMILES string of the molecule is COc1ccc(OC)c(/C=C(\NC(=O)c2ccccc2)C(=O)N/N=C/C(C)=C/c2ccccc2)c1. The largest absolute Gasteiger partial charge is 0.497 e. The number of amides is 2. The highest BCUT2D eigenvalue weighted by Crippen LogP contribution is 2.26. The summed E-state index contributed by atoms with van der Waals surface area (Å²) in [5.74, 6) is 0.0574. The van der Waals surface area contributed by atoms with E-state index in [0.717, 1.165) is 11.1 Å². The summed E-state index contributed by atoms with van der Waals surface area (Å²) in [4.78, 5) is 25.8. The number of rotatable bonds is 9. The third kappa shape index (κ3) is 7.43. The number of hydrazone groups is 1. The molecule has 0 aliphatic carbocycles. The van der Waals surface area contributed by atoms with Crippen LogP contribution in [-0.2, 0) is 4.79 Å². The second kappa shape index (κ2) is 12.6. The van der Waals surface area contributed by atoms with E-state index in [4.69, 9.17) is 9.47 Å². The fourth-order valence-electron chi connectivity index (χ4n) is 3.15. The summed E-state index contributed by atoms with van der Waals surface area (Å²) in [5, 5.41) is 6.72. The van der Waals surface area contributed by atoms with E-state index in [9.17, 15) is 9.59 Å². The topological polar surface area (TPSA) is 89.0 Å². The molecule has 0 heterocycles. The molecule has 2 amide bonds. The lowest BCUT2D eigenvalue weighted by Crippen LogP contribution is -2.32. The Hall–Kier alpha value is -4.65. The summed E-state index contributed by atoms with van der Waals surface area (Å²) in [5.41, 5.74) is 5.29. The third-order valence-electron chi connectivity index (χ3n) is 4.89. The van der Waals surface area contributed by atoms with Gasteiger partial charge < -0.3 is 14.8 Å². The number of nitrogens with one attached hydrogen (secondary N) is 2. The maximum atomic E-state index is 13.0. The molecule has 0 radical (unpaired) electrons. The molecule has 2 N–H and O–H groups in total. The molecule has 7 heteroatoms. The second-order valence-corrected chi connectivity index (χ2v) is 7.48. The first-order valence-electron chi connectivity index (χ1n) is 10.9. The molecule has 0 bridgehead atoms. The summed E-state index contributed by atoms with van der Waals surface area (Å²) in [6.07, 6.45) is 4.98. The van der Waals surface area contributed by atoms with Crippen LogP contribution < -0.4 is 20.2 Å². The van der Waals surface area contributed by atoms with Crippen molar-refractivity contribution in [1.29, 1.82) is 0 Å². The van der Waals surface area contributed by atoms with E-state index in [1.807, 2.05) is 43.3 Å². The molecule has 0 fully saturated rings. The summed E-state index contributed by atoms with van der Waals surface area (Å²) in [7, 11) is 3.06. The Morgan fingerprint density at radius 2 is 1.54 bits per heavy atom. The van der Waals surface area contributed by atoms with E-state index < -0.39 is 11.8 Å². The van der Waals surface area contributed by atoms with Crippen molar-refractivity contribution in [1.82, 2.24) is 10.7 Å². The van der Waals surface area contributed by atoms with E-state index in [1.54, 1.807) is 55.6 Å². The molecule has 3 aromatic carbocycles. The fourth-order valence-corrected chi connectivity index (χ4v) is 3.15. The average Bonchev–Trinajstić information content (AvgIpc) is 2.89. The van der Waals surface area contributed by atoms with Gasteiger partial charge in [-0.2, -0.15) is 5.10 Å². The van der Waals surface area contributed by atoms with Gasteiger partial charge in [-0.05, 0) is 54.5 Å². The van der Waals surface area contributed by atoms with Crippen molar-refractivity contribution in [3.8, 4) is 11.5 Å². The fraction of sp³-hybridized carbons (Fsp3) is 0.107. The highest BCUT2D eigenvalue weighted by atomic mass is 16.5. The number of nitrogens with zero attached hydrogens (tertiary/aromatic N) is 1. The zero-order valence-electron chi connectivity index (χ0n) is 19.8. The minimum Gasteiger partial charge on any atom is -0.497 e. The van der Waals surface area contributed by atoms with Gasteiger partial charge in [-0.25, -0.2) is 5.43 Å². The van der Waals surface area contributed by atoms with Gasteiger partial charge in [0.2, 0.25) is 0 Å². The van der Waals surface area contributed by atoms with Gasteiger partial charge in [0.1, 0.15) is 17.2 Å². The van der Waals surface area contributed by atoms with Crippen LogP contribution in [0.4, 0.5) is 0 Å². The Morgan fingerprint density at radius 3 is 2.20 bits per heavy atom. The lowest BCUT2D eigenvalue weighted by molar-refractivity contribution is -0.117. The van der Waals surface area contributed by atoms with Gasteiger partial charge in [0, 0.05) is 11.1 Å². The van der Waals surface area contributed by atoms with Gasteiger partial charge in [0.05, 0.1) is 20.4 Å². The molecule has 0 unspecified atom stereocenters. The van der Waals surface area contributed by atoms with Crippen molar-refractivity contribution in [3.63, 3.8) is 0 Å². The molecule has 178 valence electrons. The van der Waals surface area contributed by atoms with Crippen LogP contribution in [-0.4, -0.2) is 32.2 Å². The Kier molecular flexibility index (Phi) is 8.96. The lowest BCUT2D eigenvalue weighted by Gasteiger charge is -2.12. The van der Waals surface area contributed by atoms with E-state index >= 15 is 0 Å². The van der Waals surface area contributed by atoms with Crippen molar-refractivity contribution in [3.05, 3.63) is 107 Å². The minimum atomic E-state index is -0.595. The normalized spacial score (nSPS) is 11.7. The molecule has 7 nitrogen and oxygen atoms in total. The molecule has 0 saturated heterocycles. The lowest BCUT2D eigenvalue weighted by atomic mass is 10.1. The standard InChI is InChI=1S/C28H27N3O4/c1-20(16-21-10-6-4-7-11-21)19-29-31-28(33)25(30-27(32)22-12-8-5-9-13-22)18-23-17-24(34-2)14-15-26(23)35-3/h4-19H,1-3H3,(H,30,32)(H,31,33)/b20-16+,25-18-,29-19+. The molecule has 0 aromatic heterocycles. The Morgan fingerprint density at radius 1 is 0.857 bits per heavy atom. The Balaban J connectivity index is 1.86. The predicted octanol–water partition coefficient (Wildman–Crippen LogP) is 4.68. The third-order valence-corrected chi connectivity index (χ3v) is 4.89. The van der Waals surface area contributed by atoms with Crippen molar-refractivity contribution in [2.45, 2.75) is 6.92 Å². The second-order valence-electron chi connectivity index (χ2n) is 7.48.